The lowest BCUT2D eigenvalue weighted by Gasteiger charge is -2.19. The molecule has 0 aliphatic heterocycles. The van der Waals surface area contributed by atoms with Crippen molar-refractivity contribution in [1.82, 2.24) is 9.97 Å². The summed E-state index contributed by atoms with van der Waals surface area (Å²) in [5.74, 6) is 0.229. The van der Waals surface area contributed by atoms with Gasteiger partial charge in [0.25, 0.3) is 0 Å². The van der Waals surface area contributed by atoms with Crippen LogP contribution in [0.25, 0.3) is 0 Å². The van der Waals surface area contributed by atoms with Gasteiger partial charge in [0.1, 0.15) is 0 Å². The third-order valence-electron chi connectivity index (χ3n) is 1.63. The van der Waals surface area contributed by atoms with E-state index in [4.69, 9.17) is 27.9 Å². The zero-order valence-electron chi connectivity index (χ0n) is 8.54. The molecular weight excluding hydrogens is 239 g/mol. The fourth-order valence-corrected chi connectivity index (χ4v) is 1.26. The summed E-state index contributed by atoms with van der Waals surface area (Å²) in [5, 5.41) is 0.106. The van der Waals surface area contributed by atoms with Crippen molar-refractivity contribution in [2.45, 2.75) is 26.2 Å². The van der Waals surface area contributed by atoms with Gasteiger partial charge in [0.2, 0.25) is 5.28 Å². The first-order chi connectivity index (χ1) is 6.80. The minimum absolute atomic E-state index is 0.106. The van der Waals surface area contributed by atoms with Gasteiger partial charge < -0.3 is 4.74 Å². The molecule has 0 aliphatic carbocycles. The quantitative estimate of drug-likeness (QED) is 0.566. The van der Waals surface area contributed by atoms with E-state index in [1.54, 1.807) is 0 Å². The maximum absolute atomic E-state index is 10.6. The monoisotopic (exact) mass is 248 g/mol. The molecule has 0 amide bonds. The van der Waals surface area contributed by atoms with Gasteiger partial charge >= 0.3 is 5.43 Å². The molecule has 6 heteroatoms. The van der Waals surface area contributed by atoms with Gasteiger partial charge in [0.05, 0.1) is 11.9 Å². The first-order valence-corrected chi connectivity index (χ1v) is 4.96. The van der Waals surface area contributed by atoms with Crippen LogP contribution in [0.1, 0.15) is 26.5 Å². The average Bonchev–Trinajstić information content (AvgIpc) is 2.05. The van der Waals surface area contributed by atoms with E-state index in [1.807, 2.05) is 20.8 Å². The number of carbonyl (C=O) groups excluding carboxylic acids is 1. The molecule has 1 aromatic rings. The van der Waals surface area contributed by atoms with Crippen LogP contribution in [0.4, 0.5) is 4.79 Å². The maximum atomic E-state index is 10.6. The molecule has 1 heterocycles. The van der Waals surface area contributed by atoms with Crippen molar-refractivity contribution in [2.75, 3.05) is 0 Å². The van der Waals surface area contributed by atoms with Gasteiger partial charge in [-0.25, -0.2) is 14.8 Å². The van der Waals surface area contributed by atoms with Crippen molar-refractivity contribution in [3.8, 4) is 5.75 Å². The Labute approximate surface area is 97.6 Å². The normalized spacial score (nSPS) is 11.3. The van der Waals surface area contributed by atoms with E-state index in [1.165, 1.54) is 6.20 Å². The Morgan fingerprint density at radius 3 is 2.53 bits per heavy atom. The third-order valence-corrected chi connectivity index (χ3v) is 1.89. The Bertz CT molecular complexity index is 388. The molecule has 0 aromatic carbocycles. The second-order valence-corrected chi connectivity index (χ2v) is 4.59. The number of hydrogen-bond donors (Lipinski definition) is 0. The molecule has 0 saturated heterocycles. The predicted octanol–water partition coefficient (Wildman–Crippen LogP) is 3.17. The van der Waals surface area contributed by atoms with E-state index in [2.05, 4.69) is 9.97 Å². The number of nitrogens with zero attached hydrogens (tertiary/aromatic N) is 2. The van der Waals surface area contributed by atoms with Gasteiger partial charge in [-0.3, -0.25) is 0 Å². The molecule has 0 fully saturated rings. The summed E-state index contributed by atoms with van der Waals surface area (Å²) in [6.45, 7) is 5.74. The van der Waals surface area contributed by atoms with Gasteiger partial charge in [0, 0.05) is 17.0 Å². The first kappa shape index (κ1) is 12.2. The van der Waals surface area contributed by atoms with Crippen LogP contribution in [-0.4, -0.2) is 15.4 Å². The van der Waals surface area contributed by atoms with Crippen molar-refractivity contribution in [2.24, 2.45) is 0 Å². The molecule has 82 valence electrons. The van der Waals surface area contributed by atoms with Crippen molar-refractivity contribution in [1.29, 1.82) is 0 Å². The highest BCUT2D eigenvalue weighted by atomic mass is 35.5. The minimum atomic E-state index is -0.925. The van der Waals surface area contributed by atoms with Crippen molar-refractivity contribution in [3.05, 3.63) is 17.2 Å². The molecule has 4 nitrogen and oxygen atoms in total. The van der Waals surface area contributed by atoms with Crippen molar-refractivity contribution < 1.29 is 9.53 Å². The molecule has 0 saturated carbocycles. The minimum Gasteiger partial charge on any atom is -0.411 e. The molecular formula is C9H10Cl2N2O2. The summed E-state index contributed by atoms with van der Waals surface area (Å²) in [4.78, 5) is 18.4. The summed E-state index contributed by atoms with van der Waals surface area (Å²) >= 11 is 10.8. The summed E-state index contributed by atoms with van der Waals surface area (Å²) in [6, 6.07) is 0. The molecule has 0 N–H and O–H groups in total. The molecule has 0 atom stereocenters. The van der Waals surface area contributed by atoms with Gasteiger partial charge in [0.15, 0.2) is 5.75 Å². The largest absolute Gasteiger partial charge is 0.411 e. The Balaban J connectivity index is 3.20. The summed E-state index contributed by atoms with van der Waals surface area (Å²) in [7, 11) is 0. The van der Waals surface area contributed by atoms with E-state index in [0.717, 1.165) is 0 Å². The highest BCUT2D eigenvalue weighted by Crippen LogP contribution is 2.29. The highest BCUT2D eigenvalue weighted by Gasteiger charge is 2.23. The van der Waals surface area contributed by atoms with Crippen molar-refractivity contribution in [3.63, 3.8) is 0 Å². The molecule has 15 heavy (non-hydrogen) atoms. The molecule has 0 spiro atoms. The van der Waals surface area contributed by atoms with Crippen molar-refractivity contribution >= 4 is 28.6 Å². The van der Waals surface area contributed by atoms with Gasteiger partial charge in [-0.2, -0.15) is 0 Å². The van der Waals surface area contributed by atoms with Gasteiger partial charge in [-0.05, 0) is 11.6 Å². The van der Waals surface area contributed by atoms with E-state index < -0.39 is 5.43 Å². The average molecular weight is 249 g/mol. The lowest BCUT2D eigenvalue weighted by atomic mass is 9.91. The van der Waals surface area contributed by atoms with E-state index in [9.17, 15) is 4.79 Å². The second kappa shape index (κ2) is 4.33. The smallest absolute Gasteiger partial charge is 0.409 e. The van der Waals surface area contributed by atoms with Crippen LogP contribution >= 0.6 is 23.2 Å². The zero-order chi connectivity index (χ0) is 11.6. The maximum Gasteiger partial charge on any atom is 0.409 e. The molecule has 0 aliphatic rings. The van der Waals surface area contributed by atoms with E-state index in [0.29, 0.717) is 5.69 Å². The second-order valence-electron chi connectivity index (χ2n) is 3.94. The number of rotatable bonds is 1. The fraction of sp³-hybridized carbons (Fsp3) is 0.444. The number of aromatic nitrogens is 2. The van der Waals surface area contributed by atoms with Crippen LogP contribution in [-0.2, 0) is 5.41 Å². The summed E-state index contributed by atoms with van der Waals surface area (Å²) in [5.41, 5.74) is -0.697. The molecule has 0 radical (unpaired) electrons. The van der Waals surface area contributed by atoms with Crippen LogP contribution in [0.5, 0.6) is 5.75 Å². The van der Waals surface area contributed by atoms with Crippen LogP contribution in [0.2, 0.25) is 5.28 Å². The lowest BCUT2D eigenvalue weighted by Crippen LogP contribution is -2.17. The Kier molecular flexibility index (Phi) is 3.52. The number of ether oxygens (including phenoxy) is 1. The Morgan fingerprint density at radius 1 is 1.47 bits per heavy atom. The number of hydrogen-bond acceptors (Lipinski definition) is 4. The van der Waals surface area contributed by atoms with E-state index in [-0.39, 0.29) is 16.4 Å². The van der Waals surface area contributed by atoms with Gasteiger partial charge in [-0.15, -0.1) is 0 Å². The Morgan fingerprint density at radius 2 is 2.07 bits per heavy atom. The SMILES string of the molecule is CC(C)(C)c1nc(Cl)ncc1OC(=O)Cl. The topological polar surface area (TPSA) is 52.1 Å². The predicted molar refractivity (Wildman–Crippen MR) is 57.6 cm³/mol. The first-order valence-electron chi connectivity index (χ1n) is 4.21. The van der Waals surface area contributed by atoms with Crippen LogP contribution in [0, 0.1) is 0 Å². The lowest BCUT2D eigenvalue weighted by molar-refractivity contribution is 0.224. The summed E-state index contributed by atoms with van der Waals surface area (Å²) in [6.07, 6.45) is 1.33. The summed E-state index contributed by atoms with van der Waals surface area (Å²) < 4.78 is 4.77. The van der Waals surface area contributed by atoms with Gasteiger partial charge in [-0.1, -0.05) is 20.8 Å². The number of halogens is 2. The third kappa shape index (κ3) is 3.32. The molecule has 1 rings (SSSR count). The molecule has 1 aromatic heterocycles. The molecule has 0 unspecified atom stereocenters. The Hall–Kier alpha value is -0.870. The van der Waals surface area contributed by atoms with Crippen LogP contribution in [0.3, 0.4) is 0 Å². The highest BCUT2D eigenvalue weighted by molar-refractivity contribution is 6.61. The van der Waals surface area contributed by atoms with Crippen LogP contribution in [0.15, 0.2) is 6.20 Å². The molecule has 0 bridgehead atoms. The number of carbonyl (C=O) groups is 1. The van der Waals surface area contributed by atoms with Crippen LogP contribution < -0.4 is 4.74 Å². The van der Waals surface area contributed by atoms with E-state index >= 15 is 0 Å². The standard InChI is InChI=1S/C9H10Cl2N2O2/c1-9(2,3)6-5(15-8(11)14)4-12-7(10)13-6/h4H,1-3H3. The fourth-order valence-electron chi connectivity index (χ4n) is 1.05. The zero-order valence-corrected chi connectivity index (χ0v) is 10.1.